The van der Waals surface area contributed by atoms with Gasteiger partial charge in [0.2, 0.25) is 5.91 Å². The van der Waals surface area contributed by atoms with Gasteiger partial charge in [-0.15, -0.1) is 0 Å². The number of ether oxygens (including phenoxy) is 1. The second-order valence-corrected chi connectivity index (χ2v) is 7.78. The number of hydrogen-bond donors (Lipinski definition) is 2. The summed E-state index contributed by atoms with van der Waals surface area (Å²) in [5.41, 5.74) is 2.79. The summed E-state index contributed by atoms with van der Waals surface area (Å²) in [6.45, 7) is 5.29. The number of carbonyl (C=O) groups excluding carboxylic acids is 1. The van der Waals surface area contributed by atoms with Crippen LogP contribution in [0.15, 0.2) is 30.1 Å². The van der Waals surface area contributed by atoms with Crippen LogP contribution in [0.2, 0.25) is 0 Å². The van der Waals surface area contributed by atoms with Crippen molar-refractivity contribution in [2.24, 2.45) is 0 Å². The van der Waals surface area contributed by atoms with E-state index >= 15 is 0 Å². The lowest BCUT2D eigenvalue weighted by molar-refractivity contribution is -0.117. The number of rotatable bonds is 9. The highest BCUT2D eigenvalue weighted by atomic mass is 19.1. The van der Waals surface area contributed by atoms with E-state index in [1.54, 1.807) is 12.1 Å². The Morgan fingerprint density at radius 3 is 2.83 bits per heavy atom. The lowest BCUT2D eigenvalue weighted by atomic mass is 10.1. The van der Waals surface area contributed by atoms with Crippen LogP contribution < -0.4 is 15.4 Å². The number of hydrogen-bond acceptors (Lipinski definition) is 6. The van der Waals surface area contributed by atoms with Crippen molar-refractivity contribution < 1.29 is 13.9 Å². The summed E-state index contributed by atoms with van der Waals surface area (Å²) in [4.78, 5) is 23.2. The summed E-state index contributed by atoms with van der Waals surface area (Å²) >= 11 is 0. The Balaban J connectivity index is 1.71. The third-order valence-electron chi connectivity index (χ3n) is 4.58. The van der Waals surface area contributed by atoms with E-state index in [1.165, 1.54) is 18.5 Å². The molecule has 0 aliphatic heterocycles. The molecule has 1 aromatic carbocycles. The van der Waals surface area contributed by atoms with Crippen LogP contribution in [0.1, 0.15) is 31.5 Å². The molecule has 0 bridgehead atoms. The molecule has 0 radical (unpaired) electrons. The molecule has 2 N–H and O–H groups in total. The minimum Gasteiger partial charge on any atom is -0.489 e. The van der Waals surface area contributed by atoms with Crippen molar-refractivity contribution in [2.75, 3.05) is 32.5 Å². The van der Waals surface area contributed by atoms with Crippen molar-refractivity contribution in [1.29, 1.82) is 0 Å². The molecule has 8 heteroatoms. The molecule has 0 saturated carbocycles. The first-order valence-electron chi connectivity index (χ1n) is 10.0. The van der Waals surface area contributed by atoms with Gasteiger partial charge in [-0.25, -0.2) is 14.4 Å². The third-order valence-corrected chi connectivity index (χ3v) is 4.58. The number of aromatic nitrogens is 2. The Kier molecular flexibility index (Phi) is 6.99. The zero-order chi connectivity index (χ0) is 21.7. The standard InChI is InChI=1S/C22H28FN5O2/c1-14(2)30-20-12-16(23)6-7-18(20)27-21-17-10-15(11-19(17)25-13-26-21)22(29)24-8-5-9-28(3)4/h6-7,11-14H,5,8-10H2,1-4H3,(H,24,29)(H,25,26,27). The quantitative estimate of drug-likeness (QED) is 0.615. The average Bonchev–Trinajstić information content (AvgIpc) is 3.12. The fourth-order valence-electron chi connectivity index (χ4n) is 3.17. The Morgan fingerprint density at radius 2 is 2.10 bits per heavy atom. The van der Waals surface area contributed by atoms with Crippen molar-refractivity contribution in [3.8, 4) is 5.75 Å². The minimum absolute atomic E-state index is 0.0941. The minimum atomic E-state index is -0.376. The van der Waals surface area contributed by atoms with Crippen LogP contribution in [0.4, 0.5) is 15.9 Å². The van der Waals surface area contributed by atoms with Crippen LogP contribution in [0.3, 0.4) is 0 Å². The molecule has 160 valence electrons. The fraction of sp³-hybridized carbons (Fsp3) is 0.409. The predicted molar refractivity (Wildman–Crippen MR) is 115 cm³/mol. The number of amides is 1. The van der Waals surface area contributed by atoms with Crippen LogP contribution in [0.25, 0.3) is 6.08 Å². The fourth-order valence-corrected chi connectivity index (χ4v) is 3.17. The van der Waals surface area contributed by atoms with Crippen LogP contribution >= 0.6 is 0 Å². The van der Waals surface area contributed by atoms with Gasteiger partial charge in [-0.1, -0.05) is 0 Å². The molecule has 1 aromatic heterocycles. The topological polar surface area (TPSA) is 79.4 Å². The number of nitrogens with one attached hydrogen (secondary N) is 2. The third kappa shape index (κ3) is 5.54. The van der Waals surface area contributed by atoms with Gasteiger partial charge in [-0.05, 0) is 59.1 Å². The van der Waals surface area contributed by atoms with Gasteiger partial charge in [0.25, 0.3) is 0 Å². The second-order valence-electron chi connectivity index (χ2n) is 7.78. The van der Waals surface area contributed by atoms with E-state index in [1.807, 2.05) is 27.9 Å². The molecular formula is C22H28FN5O2. The number of carbonyl (C=O) groups is 1. The van der Waals surface area contributed by atoms with Crippen molar-refractivity contribution in [1.82, 2.24) is 20.2 Å². The van der Waals surface area contributed by atoms with E-state index in [-0.39, 0.29) is 17.8 Å². The normalized spacial score (nSPS) is 12.7. The zero-order valence-corrected chi connectivity index (χ0v) is 17.8. The molecule has 0 unspecified atom stereocenters. The van der Waals surface area contributed by atoms with Gasteiger partial charge in [-0.2, -0.15) is 0 Å². The van der Waals surface area contributed by atoms with Gasteiger partial charge in [0, 0.05) is 30.2 Å². The summed E-state index contributed by atoms with van der Waals surface area (Å²) in [7, 11) is 4.01. The van der Waals surface area contributed by atoms with E-state index in [0.717, 1.165) is 18.5 Å². The lowest BCUT2D eigenvalue weighted by Gasteiger charge is -2.16. The van der Waals surface area contributed by atoms with Gasteiger partial charge in [0.15, 0.2) is 0 Å². The number of benzene rings is 1. The van der Waals surface area contributed by atoms with Gasteiger partial charge in [-0.3, -0.25) is 4.79 Å². The summed E-state index contributed by atoms with van der Waals surface area (Å²) in [6.07, 6.45) is 4.45. The highest BCUT2D eigenvalue weighted by Gasteiger charge is 2.23. The molecule has 0 atom stereocenters. The number of anilines is 2. The van der Waals surface area contributed by atoms with E-state index in [4.69, 9.17) is 4.74 Å². The summed E-state index contributed by atoms with van der Waals surface area (Å²) < 4.78 is 19.4. The lowest BCUT2D eigenvalue weighted by Crippen LogP contribution is -2.28. The molecule has 1 aliphatic rings. The maximum Gasteiger partial charge on any atom is 0.247 e. The van der Waals surface area contributed by atoms with Crippen molar-refractivity contribution in [3.05, 3.63) is 47.2 Å². The first kappa shape index (κ1) is 21.7. The molecule has 1 amide bonds. The molecule has 1 aliphatic carbocycles. The molecule has 0 spiro atoms. The Bertz CT molecular complexity index is 943. The van der Waals surface area contributed by atoms with E-state index in [2.05, 4.69) is 25.5 Å². The molecule has 0 saturated heterocycles. The highest BCUT2D eigenvalue weighted by molar-refractivity contribution is 6.00. The van der Waals surface area contributed by atoms with Gasteiger partial charge in [0.1, 0.15) is 23.7 Å². The van der Waals surface area contributed by atoms with Crippen molar-refractivity contribution >= 4 is 23.5 Å². The van der Waals surface area contributed by atoms with Crippen LogP contribution in [-0.4, -0.2) is 54.1 Å². The summed E-state index contributed by atoms with van der Waals surface area (Å²) in [5, 5.41) is 6.17. The maximum atomic E-state index is 13.7. The van der Waals surface area contributed by atoms with Crippen LogP contribution in [0.5, 0.6) is 5.75 Å². The molecule has 2 aromatic rings. The SMILES string of the molecule is CC(C)Oc1cc(F)ccc1Nc1ncnc2c1CC(C(=O)NCCCN(C)C)=C2. The second kappa shape index (κ2) is 9.67. The largest absolute Gasteiger partial charge is 0.489 e. The maximum absolute atomic E-state index is 13.7. The smallest absolute Gasteiger partial charge is 0.247 e. The van der Waals surface area contributed by atoms with Crippen molar-refractivity contribution in [3.63, 3.8) is 0 Å². The van der Waals surface area contributed by atoms with Crippen LogP contribution in [-0.2, 0) is 11.2 Å². The molecule has 7 nitrogen and oxygen atoms in total. The van der Waals surface area contributed by atoms with E-state index in [0.29, 0.717) is 41.5 Å². The number of nitrogens with zero attached hydrogens (tertiary/aromatic N) is 3. The van der Waals surface area contributed by atoms with E-state index in [9.17, 15) is 9.18 Å². The first-order valence-corrected chi connectivity index (χ1v) is 10.0. The molecule has 0 fully saturated rings. The highest BCUT2D eigenvalue weighted by Crippen LogP contribution is 2.33. The molecular weight excluding hydrogens is 385 g/mol. The molecule has 1 heterocycles. The number of fused-ring (bicyclic) bond motifs is 1. The summed E-state index contributed by atoms with van der Waals surface area (Å²) in [6, 6.07) is 4.32. The van der Waals surface area contributed by atoms with E-state index < -0.39 is 0 Å². The Morgan fingerprint density at radius 1 is 1.30 bits per heavy atom. The van der Waals surface area contributed by atoms with Gasteiger partial charge >= 0.3 is 0 Å². The van der Waals surface area contributed by atoms with Gasteiger partial charge in [0.05, 0.1) is 17.5 Å². The average molecular weight is 413 g/mol. The van der Waals surface area contributed by atoms with Crippen LogP contribution in [0, 0.1) is 5.82 Å². The van der Waals surface area contributed by atoms with Gasteiger partial charge < -0.3 is 20.3 Å². The summed E-state index contributed by atoms with van der Waals surface area (Å²) in [5.74, 6) is 0.511. The molecule has 30 heavy (non-hydrogen) atoms. The Labute approximate surface area is 176 Å². The molecule has 3 rings (SSSR count). The monoisotopic (exact) mass is 413 g/mol. The Hall–Kier alpha value is -3.00. The predicted octanol–water partition coefficient (Wildman–Crippen LogP) is 3.15. The number of halogens is 1. The first-order chi connectivity index (χ1) is 14.3. The zero-order valence-electron chi connectivity index (χ0n) is 17.8. The van der Waals surface area contributed by atoms with Crippen molar-refractivity contribution in [2.45, 2.75) is 32.8 Å².